The Morgan fingerprint density at radius 3 is 2.74 bits per heavy atom. The molecule has 11 nitrogen and oxygen atoms in total. The highest BCUT2D eigenvalue weighted by Crippen LogP contribution is 2.36. The molecule has 0 bridgehead atoms. The van der Waals surface area contributed by atoms with Crippen molar-refractivity contribution >= 4 is 24.6 Å². The van der Waals surface area contributed by atoms with Gasteiger partial charge in [-0.25, -0.2) is 9.78 Å². The highest BCUT2D eigenvalue weighted by molar-refractivity contribution is 7.50. The van der Waals surface area contributed by atoms with Gasteiger partial charge in [0.1, 0.15) is 6.29 Å². The molecule has 0 aliphatic rings. The molecule has 3 aromatic rings. The lowest BCUT2D eigenvalue weighted by Gasteiger charge is -2.12. The Kier molecular flexibility index (Phi) is 4.83. The van der Waals surface area contributed by atoms with Crippen LogP contribution in [-0.4, -0.2) is 41.5 Å². The molecule has 2 aromatic heterocycles. The Morgan fingerprint density at radius 1 is 1.33 bits per heavy atom. The number of aromatic nitrogens is 4. The third-order valence-electron chi connectivity index (χ3n) is 3.66. The molecule has 12 heteroatoms. The first kappa shape index (κ1) is 18.8. The fraction of sp³-hybridized carbons (Fsp3) is 0.200. The van der Waals surface area contributed by atoms with E-state index in [1.807, 2.05) is 0 Å². The van der Waals surface area contributed by atoms with Crippen molar-refractivity contribution in [2.75, 3.05) is 6.61 Å². The normalized spacial score (nSPS) is 11.7. The summed E-state index contributed by atoms with van der Waals surface area (Å²) >= 11 is 0. The molecule has 0 saturated heterocycles. The molecule has 0 fully saturated rings. The predicted molar refractivity (Wildman–Crippen MR) is 94.0 cm³/mol. The van der Waals surface area contributed by atoms with Crippen LogP contribution in [0.1, 0.15) is 17.5 Å². The van der Waals surface area contributed by atoms with Gasteiger partial charge in [0.15, 0.2) is 0 Å². The van der Waals surface area contributed by atoms with Crippen LogP contribution in [-0.2, 0) is 15.6 Å². The number of carbonyl (C=O) groups is 1. The highest BCUT2D eigenvalue weighted by Gasteiger charge is 2.20. The fourth-order valence-corrected chi connectivity index (χ4v) is 3.25. The maximum absolute atomic E-state index is 12.0. The number of H-pyrrole nitrogens is 1. The number of carbonyl (C=O) groups excluding carboxylic acids is 1. The second kappa shape index (κ2) is 6.95. The van der Waals surface area contributed by atoms with Gasteiger partial charge < -0.3 is 19.5 Å². The number of aromatic amines is 1. The lowest BCUT2D eigenvalue weighted by atomic mass is 10.2. The molecule has 142 valence electrons. The van der Waals surface area contributed by atoms with Crippen molar-refractivity contribution in [1.82, 2.24) is 19.1 Å². The van der Waals surface area contributed by atoms with Crippen LogP contribution in [0.4, 0.5) is 0 Å². The molecule has 0 atom stereocenters. The summed E-state index contributed by atoms with van der Waals surface area (Å²) in [6.45, 7) is 1.83. The number of fused-ring (bicyclic) bond motifs is 1. The summed E-state index contributed by atoms with van der Waals surface area (Å²) in [5, 5.41) is 0. The van der Waals surface area contributed by atoms with Gasteiger partial charge in [0.05, 0.1) is 17.6 Å². The van der Waals surface area contributed by atoms with E-state index < -0.39 is 31.0 Å². The Labute approximate surface area is 151 Å². The monoisotopic (exact) mass is 394 g/mol. The first-order valence-electron chi connectivity index (χ1n) is 7.73. The van der Waals surface area contributed by atoms with Crippen LogP contribution >= 0.6 is 7.60 Å². The van der Waals surface area contributed by atoms with E-state index in [0.29, 0.717) is 5.69 Å². The topological polar surface area (TPSA) is 157 Å². The first-order chi connectivity index (χ1) is 12.7. The van der Waals surface area contributed by atoms with Gasteiger partial charge in [0.25, 0.3) is 0 Å². The van der Waals surface area contributed by atoms with Gasteiger partial charge in [-0.2, -0.15) is 0 Å². The average molecular weight is 394 g/mol. The Bertz CT molecular complexity index is 1190. The second-order valence-corrected chi connectivity index (χ2v) is 7.15. The Morgan fingerprint density at radius 2 is 2.07 bits per heavy atom. The number of nitrogens with one attached hydrogen (secondary N) is 1. The van der Waals surface area contributed by atoms with Crippen molar-refractivity contribution in [2.24, 2.45) is 0 Å². The lowest BCUT2D eigenvalue weighted by Crippen LogP contribution is -2.36. The molecule has 27 heavy (non-hydrogen) atoms. The Balaban J connectivity index is 2.18. The predicted octanol–water partition coefficient (Wildman–Crippen LogP) is 0.187. The molecule has 2 heterocycles. The zero-order valence-corrected chi connectivity index (χ0v) is 14.9. The van der Waals surface area contributed by atoms with Crippen LogP contribution in [0, 0.1) is 0 Å². The van der Waals surface area contributed by atoms with Gasteiger partial charge in [0, 0.05) is 18.1 Å². The summed E-state index contributed by atoms with van der Waals surface area (Å²) in [6.07, 6.45) is 1.98. The standard InChI is InChI=1S/C15H15N4O7P/c1-2-26-15(22)12-16-5-6-18(12)9-3-4-11-10(7-9)17-13(20)14(21)19(11)8-27(23,24)25/h3-7H,2,8H2,1H3,(H,17,20)(H2,23,24,25). The maximum Gasteiger partial charge on any atom is 0.374 e. The van der Waals surface area contributed by atoms with Gasteiger partial charge in [-0.3, -0.25) is 23.3 Å². The molecule has 0 aliphatic heterocycles. The summed E-state index contributed by atoms with van der Waals surface area (Å²) in [6, 6.07) is 4.38. The van der Waals surface area contributed by atoms with Crippen LogP contribution in [0.5, 0.6) is 0 Å². The molecule has 0 radical (unpaired) electrons. The van der Waals surface area contributed by atoms with E-state index in [-0.39, 0.29) is 23.5 Å². The molecule has 0 amide bonds. The van der Waals surface area contributed by atoms with E-state index in [1.54, 1.807) is 6.92 Å². The number of rotatable bonds is 5. The third kappa shape index (κ3) is 3.75. The number of hydrogen-bond donors (Lipinski definition) is 3. The third-order valence-corrected chi connectivity index (χ3v) is 4.31. The van der Waals surface area contributed by atoms with E-state index in [0.717, 1.165) is 4.57 Å². The van der Waals surface area contributed by atoms with Gasteiger partial charge >= 0.3 is 24.7 Å². The minimum absolute atomic E-state index is 0.0158. The summed E-state index contributed by atoms with van der Waals surface area (Å²) in [5.74, 6) is -0.621. The van der Waals surface area contributed by atoms with Crippen molar-refractivity contribution in [1.29, 1.82) is 0 Å². The fourth-order valence-electron chi connectivity index (χ4n) is 2.60. The second-order valence-electron chi connectivity index (χ2n) is 5.54. The Hall–Kier alpha value is -3.01. The van der Waals surface area contributed by atoms with Crippen molar-refractivity contribution in [3.8, 4) is 5.69 Å². The molecular weight excluding hydrogens is 379 g/mol. The highest BCUT2D eigenvalue weighted by atomic mass is 31.2. The minimum atomic E-state index is -4.59. The maximum atomic E-state index is 12.0. The molecule has 0 saturated carbocycles. The number of ether oxygens (including phenoxy) is 1. The summed E-state index contributed by atoms with van der Waals surface area (Å²) in [4.78, 5) is 60.5. The summed E-state index contributed by atoms with van der Waals surface area (Å²) < 4.78 is 18.4. The molecule has 0 spiro atoms. The van der Waals surface area contributed by atoms with E-state index in [1.165, 1.54) is 35.2 Å². The largest absolute Gasteiger partial charge is 0.460 e. The van der Waals surface area contributed by atoms with Gasteiger partial charge in [-0.15, -0.1) is 0 Å². The van der Waals surface area contributed by atoms with Crippen molar-refractivity contribution < 1.29 is 23.9 Å². The van der Waals surface area contributed by atoms with Crippen LogP contribution in [0.3, 0.4) is 0 Å². The summed E-state index contributed by atoms with van der Waals surface area (Å²) in [5.41, 5.74) is -1.38. The molecule has 3 N–H and O–H groups in total. The minimum Gasteiger partial charge on any atom is -0.460 e. The van der Waals surface area contributed by atoms with Crippen LogP contribution in [0.2, 0.25) is 0 Å². The SMILES string of the molecule is CCOC(=O)c1nccn1-c1ccc2c(c1)[nH]c(=O)c(=O)n2CP(=O)(O)O. The zero-order valence-electron chi connectivity index (χ0n) is 14.0. The van der Waals surface area contributed by atoms with Crippen molar-refractivity contribution in [3.63, 3.8) is 0 Å². The van der Waals surface area contributed by atoms with Crippen LogP contribution in [0.15, 0.2) is 40.2 Å². The van der Waals surface area contributed by atoms with E-state index >= 15 is 0 Å². The number of imidazole rings is 1. The van der Waals surface area contributed by atoms with E-state index in [9.17, 15) is 28.7 Å². The van der Waals surface area contributed by atoms with Crippen molar-refractivity contribution in [2.45, 2.75) is 13.2 Å². The first-order valence-corrected chi connectivity index (χ1v) is 9.53. The quantitative estimate of drug-likeness (QED) is 0.314. The summed E-state index contributed by atoms with van der Waals surface area (Å²) in [7, 11) is -4.59. The molecular formula is C15H15N4O7P. The van der Waals surface area contributed by atoms with Crippen LogP contribution < -0.4 is 11.1 Å². The van der Waals surface area contributed by atoms with Gasteiger partial charge in [-0.05, 0) is 25.1 Å². The number of esters is 1. The molecule has 0 unspecified atom stereocenters. The average Bonchev–Trinajstić information content (AvgIpc) is 3.07. The van der Waals surface area contributed by atoms with Crippen LogP contribution in [0.25, 0.3) is 16.7 Å². The number of nitrogens with zero attached hydrogens (tertiary/aromatic N) is 3. The molecule has 0 aliphatic carbocycles. The molecule has 1 aromatic carbocycles. The smallest absolute Gasteiger partial charge is 0.374 e. The number of hydrogen-bond acceptors (Lipinski definition) is 6. The lowest BCUT2D eigenvalue weighted by molar-refractivity contribution is 0.0510. The molecule has 3 rings (SSSR count). The van der Waals surface area contributed by atoms with Gasteiger partial charge in [0.2, 0.25) is 5.82 Å². The van der Waals surface area contributed by atoms with Gasteiger partial charge in [-0.1, -0.05) is 0 Å². The van der Waals surface area contributed by atoms with E-state index in [4.69, 9.17) is 4.74 Å². The number of benzene rings is 1. The van der Waals surface area contributed by atoms with E-state index in [2.05, 4.69) is 9.97 Å². The van der Waals surface area contributed by atoms with Crippen molar-refractivity contribution in [3.05, 3.63) is 57.1 Å². The zero-order chi connectivity index (χ0) is 19.8.